The molecule has 0 aromatic heterocycles. The molecule has 0 aliphatic carbocycles. The van der Waals surface area contributed by atoms with Crippen LogP contribution in [0.5, 0.6) is 5.75 Å². The van der Waals surface area contributed by atoms with E-state index in [4.69, 9.17) is 4.74 Å². The molecule has 0 radical (unpaired) electrons. The smallest absolute Gasteiger partial charge is 0.238 e. The van der Waals surface area contributed by atoms with Gasteiger partial charge in [-0.1, -0.05) is 38.8 Å². The first kappa shape index (κ1) is 17.5. The van der Waals surface area contributed by atoms with Crippen molar-refractivity contribution in [2.45, 2.75) is 46.1 Å². The first-order valence-corrected chi connectivity index (χ1v) is 7.69. The lowest BCUT2D eigenvalue weighted by atomic mass is 10.0. The Morgan fingerprint density at radius 1 is 1.19 bits per heavy atom. The fourth-order valence-corrected chi connectivity index (χ4v) is 2.14. The molecule has 118 valence electrons. The standard InChI is InChI=1S/C17H28N2O2/c1-13(2)8-7-9-14(3)18-12-17(20)19-15-10-5-6-11-16(15)21-4/h5-6,10-11,13-14,18H,7-9,12H2,1-4H3,(H,19,20). The third kappa shape index (κ3) is 7.14. The second-order valence-corrected chi connectivity index (χ2v) is 5.86. The number of ether oxygens (including phenoxy) is 1. The van der Waals surface area contributed by atoms with E-state index in [0.29, 0.717) is 24.0 Å². The SMILES string of the molecule is COc1ccccc1NC(=O)CNC(C)CCCC(C)C. The lowest BCUT2D eigenvalue weighted by Gasteiger charge is -2.15. The summed E-state index contributed by atoms with van der Waals surface area (Å²) >= 11 is 0. The lowest BCUT2D eigenvalue weighted by molar-refractivity contribution is -0.115. The van der Waals surface area contributed by atoms with E-state index in [9.17, 15) is 4.79 Å². The van der Waals surface area contributed by atoms with Crippen molar-refractivity contribution in [1.82, 2.24) is 5.32 Å². The molecule has 0 bridgehead atoms. The topological polar surface area (TPSA) is 50.4 Å². The van der Waals surface area contributed by atoms with Crippen LogP contribution in [0.15, 0.2) is 24.3 Å². The van der Waals surface area contributed by atoms with Crippen LogP contribution in [0.4, 0.5) is 5.69 Å². The van der Waals surface area contributed by atoms with Gasteiger partial charge in [0, 0.05) is 6.04 Å². The largest absolute Gasteiger partial charge is 0.495 e. The summed E-state index contributed by atoms with van der Waals surface area (Å²) in [5.41, 5.74) is 0.708. The van der Waals surface area contributed by atoms with Gasteiger partial charge in [0.1, 0.15) is 5.75 Å². The highest BCUT2D eigenvalue weighted by atomic mass is 16.5. The summed E-state index contributed by atoms with van der Waals surface area (Å²) in [5, 5.41) is 6.13. The summed E-state index contributed by atoms with van der Waals surface area (Å²) in [6, 6.07) is 7.77. The maximum absolute atomic E-state index is 11.9. The molecule has 1 atom stereocenters. The van der Waals surface area contributed by atoms with Crippen LogP contribution in [0.25, 0.3) is 0 Å². The van der Waals surface area contributed by atoms with Crippen molar-refractivity contribution in [2.75, 3.05) is 19.0 Å². The maximum Gasteiger partial charge on any atom is 0.238 e. The Balaban J connectivity index is 2.30. The van der Waals surface area contributed by atoms with Crippen LogP contribution in [-0.4, -0.2) is 25.6 Å². The molecule has 1 aromatic rings. The lowest BCUT2D eigenvalue weighted by Crippen LogP contribution is -2.34. The molecule has 0 saturated carbocycles. The minimum atomic E-state index is -0.0461. The number of rotatable bonds is 9. The van der Waals surface area contributed by atoms with Crippen molar-refractivity contribution < 1.29 is 9.53 Å². The van der Waals surface area contributed by atoms with Crippen molar-refractivity contribution >= 4 is 11.6 Å². The molecule has 1 aromatic carbocycles. The third-order valence-corrected chi connectivity index (χ3v) is 3.41. The molecule has 21 heavy (non-hydrogen) atoms. The van der Waals surface area contributed by atoms with Crippen molar-refractivity contribution in [3.05, 3.63) is 24.3 Å². The van der Waals surface area contributed by atoms with E-state index in [-0.39, 0.29) is 5.91 Å². The zero-order valence-electron chi connectivity index (χ0n) is 13.6. The number of nitrogens with one attached hydrogen (secondary N) is 2. The number of hydrogen-bond acceptors (Lipinski definition) is 3. The second-order valence-electron chi connectivity index (χ2n) is 5.86. The summed E-state index contributed by atoms with van der Waals surface area (Å²) in [6.45, 7) is 6.91. The van der Waals surface area contributed by atoms with E-state index in [0.717, 1.165) is 12.3 Å². The van der Waals surface area contributed by atoms with E-state index >= 15 is 0 Å². The first-order chi connectivity index (χ1) is 10.0. The van der Waals surface area contributed by atoms with Gasteiger partial charge < -0.3 is 15.4 Å². The van der Waals surface area contributed by atoms with Gasteiger partial charge >= 0.3 is 0 Å². The van der Waals surface area contributed by atoms with Gasteiger partial charge in [-0.15, -0.1) is 0 Å². The molecule has 1 unspecified atom stereocenters. The van der Waals surface area contributed by atoms with Gasteiger partial charge in [-0.05, 0) is 31.4 Å². The summed E-state index contributed by atoms with van der Waals surface area (Å²) in [6.07, 6.45) is 3.53. The van der Waals surface area contributed by atoms with Crippen molar-refractivity contribution in [1.29, 1.82) is 0 Å². The van der Waals surface area contributed by atoms with Gasteiger partial charge in [-0.2, -0.15) is 0 Å². The highest BCUT2D eigenvalue weighted by molar-refractivity contribution is 5.93. The minimum Gasteiger partial charge on any atom is -0.495 e. The number of hydrogen-bond donors (Lipinski definition) is 2. The number of para-hydroxylation sites is 2. The molecule has 0 aliphatic heterocycles. The average Bonchev–Trinajstić information content (AvgIpc) is 2.45. The van der Waals surface area contributed by atoms with Gasteiger partial charge in [0.15, 0.2) is 0 Å². The number of anilines is 1. The number of carbonyl (C=O) groups excluding carboxylic acids is 1. The first-order valence-electron chi connectivity index (χ1n) is 7.69. The fraction of sp³-hybridized carbons (Fsp3) is 0.588. The molecule has 2 N–H and O–H groups in total. The zero-order chi connectivity index (χ0) is 15.7. The highest BCUT2D eigenvalue weighted by Gasteiger charge is 2.08. The van der Waals surface area contributed by atoms with Crippen LogP contribution < -0.4 is 15.4 Å². The zero-order valence-corrected chi connectivity index (χ0v) is 13.6. The van der Waals surface area contributed by atoms with E-state index in [1.807, 2.05) is 24.3 Å². The molecular weight excluding hydrogens is 264 g/mol. The molecule has 4 nitrogen and oxygen atoms in total. The van der Waals surface area contributed by atoms with Crippen LogP contribution in [-0.2, 0) is 4.79 Å². The van der Waals surface area contributed by atoms with E-state index in [1.54, 1.807) is 7.11 Å². The Bertz CT molecular complexity index is 433. The van der Waals surface area contributed by atoms with Crippen molar-refractivity contribution in [3.8, 4) is 5.75 Å². The van der Waals surface area contributed by atoms with E-state index < -0.39 is 0 Å². The molecule has 0 heterocycles. The Morgan fingerprint density at radius 3 is 2.57 bits per heavy atom. The van der Waals surface area contributed by atoms with Gasteiger partial charge in [0.05, 0.1) is 19.3 Å². The molecule has 4 heteroatoms. The summed E-state index contributed by atoms with van der Waals surface area (Å²) in [5.74, 6) is 1.37. The fourth-order valence-electron chi connectivity index (χ4n) is 2.14. The molecular formula is C17H28N2O2. The second kappa shape index (κ2) is 9.40. The maximum atomic E-state index is 11.9. The molecule has 0 spiro atoms. The number of benzene rings is 1. The number of methoxy groups -OCH3 is 1. The van der Waals surface area contributed by atoms with Crippen LogP contribution in [0.1, 0.15) is 40.0 Å². The highest BCUT2D eigenvalue weighted by Crippen LogP contribution is 2.22. The summed E-state index contributed by atoms with van der Waals surface area (Å²) < 4.78 is 5.21. The number of amides is 1. The van der Waals surface area contributed by atoms with Gasteiger partial charge in [0.25, 0.3) is 0 Å². The van der Waals surface area contributed by atoms with Gasteiger partial charge in [0.2, 0.25) is 5.91 Å². The average molecular weight is 292 g/mol. The monoisotopic (exact) mass is 292 g/mol. The molecule has 1 amide bonds. The third-order valence-electron chi connectivity index (χ3n) is 3.41. The summed E-state index contributed by atoms with van der Waals surface area (Å²) in [7, 11) is 1.60. The predicted octanol–water partition coefficient (Wildman–Crippen LogP) is 3.44. The van der Waals surface area contributed by atoms with Crippen LogP contribution >= 0.6 is 0 Å². The van der Waals surface area contributed by atoms with Crippen LogP contribution in [0.2, 0.25) is 0 Å². The van der Waals surface area contributed by atoms with Crippen molar-refractivity contribution in [2.24, 2.45) is 5.92 Å². The van der Waals surface area contributed by atoms with Crippen LogP contribution in [0, 0.1) is 5.92 Å². The molecule has 1 rings (SSSR count). The molecule has 0 fully saturated rings. The Kier molecular flexibility index (Phi) is 7.83. The predicted molar refractivity (Wildman–Crippen MR) is 87.8 cm³/mol. The normalized spacial score (nSPS) is 12.2. The number of carbonyl (C=O) groups is 1. The van der Waals surface area contributed by atoms with Crippen molar-refractivity contribution in [3.63, 3.8) is 0 Å². The quantitative estimate of drug-likeness (QED) is 0.733. The Morgan fingerprint density at radius 2 is 1.90 bits per heavy atom. The Hall–Kier alpha value is -1.55. The summed E-state index contributed by atoms with van der Waals surface area (Å²) in [4.78, 5) is 11.9. The van der Waals surface area contributed by atoms with Gasteiger partial charge in [-0.25, -0.2) is 0 Å². The van der Waals surface area contributed by atoms with E-state index in [2.05, 4.69) is 31.4 Å². The van der Waals surface area contributed by atoms with Crippen LogP contribution in [0.3, 0.4) is 0 Å². The Labute approximate surface area is 128 Å². The van der Waals surface area contributed by atoms with E-state index in [1.165, 1.54) is 12.8 Å². The molecule has 0 saturated heterocycles. The molecule has 0 aliphatic rings. The van der Waals surface area contributed by atoms with Gasteiger partial charge in [-0.3, -0.25) is 4.79 Å². The minimum absolute atomic E-state index is 0.0461.